The van der Waals surface area contributed by atoms with Crippen LogP contribution in [0.15, 0.2) is 46.3 Å². The number of amides is 2. The van der Waals surface area contributed by atoms with Crippen LogP contribution in [-0.4, -0.2) is 43.9 Å². The van der Waals surface area contributed by atoms with Crippen LogP contribution in [0.5, 0.6) is 0 Å². The second-order valence-corrected chi connectivity index (χ2v) is 8.43. The van der Waals surface area contributed by atoms with Crippen LogP contribution in [0.25, 0.3) is 0 Å². The predicted molar refractivity (Wildman–Crippen MR) is 108 cm³/mol. The van der Waals surface area contributed by atoms with Gasteiger partial charge in [-0.3, -0.25) is 9.59 Å². The molecule has 26 heavy (non-hydrogen) atoms. The summed E-state index contributed by atoms with van der Waals surface area (Å²) in [6, 6.07) is 11.8. The largest absolute Gasteiger partial charge is 0.354 e. The molecule has 1 aliphatic heterocycles. The van der Waals surface area contributed by atoms with Crippen molar-refractivity contribution >= 4 is 44.8 Å². The Bertz CT molecular complexity index is 779. The summed E-state index contributed by atoms with van der Waals surface area (Å²) in [6.45, 7) is 0.949. The zero-order valence-corrected chi connectivity index (χ0v) is 17.2. The molecule has 2 atom stereocenters. The Kier molecular flexibility index (Phi) is 6.11. The van der Waals surface area contributed by atoms with Gasteiger partial charge in [-0.2, -0.15) is 0 Å². The van der Waals surface area contributed by atoms with Crippen LogP contribution < -0.4 is 10.2 Å². The van der Waals surface area contributed by atoms with Gasteiger partial charge >= 0.3 is 0 Å². The highest BCUT2D eigenvalue weighted by Gasteiger charge is 2.36. The number of rotatable bonds is 6. The first-order chi connectivity index (χ1) is 12.5. The summed E-state index contributed by atoms with van der Waals surface area (Å²) in [4.78, 5) is 30.0. The van der Waals surface area contributed by atoms with Crippen molar-refractivity contribution in [2.45, 2.75) is 12.5 Å². The third-order valence-corrected chi connectivity index (χ3v) is 6.25. The number of hydrogen-bond acceptors (Lipinski definition) is 4. The number of carbonyl (C=O) groups excluding carboxylic acids is 2. The van der Waals surface area contributed by atoms with Crippen molar-refractivity contribution in [2.24, 2.45) is 5.92 Å². The highest BCUT2D eigenvalue weighted by atomic mass is 79.9. The van der Waals surface area contributed by atoms with E-state index in [-0.39, 0.29) is 30.2 Å². The number of thiophene rings is 1. The molecule has 1 aromatic heterocycles. The minimum Gasteiger partial charge on any atom is -0.354 e. The van der Waals surface area contributed by atoms with Crippen LogP contribution in [-0.2, 0) is 9.59 Å². The van der Waals surface area contributed by atoms with Gasteiger partial charge in [0.1, 0.15) is 0 Å². The van der Waals surface area contributed by atoms with E-state index in [2.05, 4.69) is 32.2 Å². The molecule has 0 radical (unpaired) electrons. The third kappa shape index (κ3) is 4.16. The van der Waals surface area contributed by atoms with E-state index in [1.54, 1.807) is 16.2 Å². The molecule has 0 bridgehead atoms. The fourth-order valence-electron chi connectivity index (χ4n) is 3.15. The first kappa shape index (κ1) is 19.1. The molecular weight excluding hydrogens is 414 g/mol. The van der Waals surface area contributed by atoms with E-state index in [0.717, 1.165) is 10.2 Å². The molecule has 0 aliphatic carbocycles. The molecule has 1 N–H and O–H groups in total. The van der Waals surface area contributed by atoms with E-state index in [0.29, 0.717) is 13.1 Å². The van der Waals surface area contributed by atoms with Crippen LogP contribution >= 0.6 is 27.3 Å². The minimum atomic E-state index is -0.319. The van der Waals surface area contributed by atoms with E-state index >= 15 is 0 Å². The molecule has 0 unspecified atom stereocenters. The summed E-state index contributed by atoms with van der Waals surface area (Å²) < 4.78 is 0.861. The average Bonchev–Trinajstić information content (AvgIpc) is 3.25. The van der Waals surface area contributed by atoms with Gasteiger partial charge in [0, 0.05) is 28.9 Å². The predicted octanol–water partition coefficient (Wildman–Crippen LogP) is 3.28. The molecule has 3 rings (SSSR count). The molecule has 0 spiro atoms. The molecule has 5 nitrogen and oxygen atoms in total. The van der Waals surface area contributed by atoms with Crippen molar-refractivity contribution in [2.75, 3.05) is 32.1 Å². The topological polar surface area (TPSA) is 52.7 Å². The highest BCUT2D eigenvalue weighted by Crippen LogP contribution is 2.31. The van der Waals surface area contributed by atoms with Crippen LogP contribution in [0.1, 0.15) is 17.3 Å². The van der Waals surface area contributed by atoms with Gasteiger partial charge in [0.15, 0.2) is 0 Å². The minimum absolute atomic E-state index is 0.0144. The van der Waals surface area contributed by atoms with E-state index < -0.39 is 0 Å². The van der Waals surface area contributed by atoms with Crippen LogP contribution in [0.3, 0.4) is 0 Å². The van der Waals surface area contributed by atoms with Gasteiger partial charge in [-0.1, -0.05) is 18.2 Å². The maximum absolute atomic E-state index is 12.6. The maximum atomic E-state index is 12.6. The van der Waals surface area contributed by atoms with Gasteiger partial charge in [-0.25, -0.2) is 0 Å². The first-order valence-corrected chi connectivity index (χ1v) is 10.2. The van der Waals surface area contributed by atoms with Crippen molar-refractivity contribution in [1.82, 2.24) is 10.2 Å². The molecule has 7 heteroatoms. The summed E-state index contributed by atoms with van der Waals surface area (Å²) in [5.41, 5.74) is 0.817. The smallest absolute Gasteiger partial charge is 0.227 e. The fraction of sp³-hybridized carbons (Fsp3) is 0.368. The normalized spacial score (nSPS) is 18.4. The second-order valence-electron chi connectivity index (χ2n) is 6.60. The first-order valence-electron chi connectivity index (χ1n) is 8.50. The molecule has 2 heterocycles. The number of nitrogens with one attached hydrogen (secondary N) is 1. The van der Waals surface area contributed by atoms with E-state index in [1.807, 2.05) is 49.8 Å². The number of anilines is 1. The maximum Gasteiger partial charge on any atom is 0.227 e. The van der Waals surface area contributed by atoms with Gasteiger partial charge in [-0.05, 0) is 53.6 Å². The highest BCUT2D eigenvalue weighted by molar-refractivity contribution is 9.10. The quantitative estimate of drug-likeness (QED) is 0.757. The second kappa shape index (κ2) is 8.33. The van der Waals surface area contributed by atoms with Gasteiger partial charge in [0.25, 0.3) is 0 Å². The molecular formula is C19H22BrN3O2S. The number of likely N-dealkylation sites (N-methyl/N-ethyl adjacent to an activating group) is 1. The average molecular weight is 436 g/mol. The number of halogens is 1. The van der Waals surface area contributed by atoms with Gasteiger partial charge in [0.05, 0.1) is 17.6 Å². The Balaban J connectivity index is 1.62. The van der Waals surface area contributed by atoms with Gasteiger partial charge < -0.3 is 15.1 Å². The van der Waals surface area contributed by atoms with Crippen molar-refractivity contribution < 1.29 is 9.59 Å². The molecule has 1 saturated heterocycles. The van der Waals surface area contributed by atoms with Crippen molar-refractivity contribution in [3.63, 3.8) is 0 Å². The third-order valence-electron chi connectivity index (χ3n) is 4.60. The number of nitrogens with zero attached hydrogens (tertiary/aromatic N) is 2. The molecule has 138 valence electrons. The molecule has 1 aliphatic rings. The van der Waals surface area contributed by atoms with Crippen LogP contribution in [0.2, 0.25) is 0 Å². The number of carbonyl (C=O) groups is 2. The zero-order chi connectivity index (χ0) is 18.7. The Morgan fingerprint density at radius 1 is 1.35 bits per heavy atom. The van der Waals surface area contributed by atoms with Crippen molar-refractivity contribution in [3.8, 4) is 0 Å². The van der Waals surface area contributed by atoms with Crippen LogP contribution in [0.4, 0.5) is 5.69 Å². The summed E-state index contributed by atoms with van der Waals surface area (Å²) in [5, 5.41) is 5.08. The molecule has 2 aromatic rings. The molecule has 1 fully saturated rings. The number of benzene rings is 1. The van der Waals surface area contributed by atoms with E-state index in [1.165, 1.54) is 4.88 Å². The fourth-order valence-corrected chi connectivity index (χ4v) is 4.57. The summed E-state index contributed by atoms with van der Waals surface area (Å²) in [6.07, 6.45) is 0.249. The summed E-state index contributed by atoms with van der Waals surface area (Å²) in [5.74, 6) is -0.392. The molecule has 2 amide bonds. The Labute approximate surface area is 166 Å². The monoisotopic (exact) mass is 435 g/mol. The van der Waals surface area contributed by atoms with E-state index in [9.17, 15) is 9.59 Å². The Morgan fingerprint density at radius 2 is 2.12 bits per heavy atom. The standard InChI is InChI=1S/C19H22BrN3O2S/c1-22(2)16(17-8-5-9-26-17)11-21-19(25)13-10-18(24)23(12-13)15-7-4-3-6-14(15)20/h3-9,13,16H,10-12H2,1-2H3,(H,21,25)/t13-,16+/m1/s1. The van der Waals surface area contributed by atoms with Gasteiger partial charge in [0.2, 0.25) is 11.8 Å². The lowest BCUT2D eigenvalue weighted by molar-refractivity contribution is -0.126. The number of hydrogen-bond donors (Lipinski definition) is 1. The summed E-state index contributed by atoms with van der Waals surface area (Å²) >= 11 is 5.16. The Hall–Kier alpha value is -1.70. The van der Waals surface area contributed by atoms with Crippen molar-refractivity contribution in [3.05, 3.63) is 51.1 Å². The number of para-hydroxylation sites is 1. The lowest BCUT2D eigenvalue weighted by atomic mass is 10.1. The lowest BCUT2D eigenvalue weighted by Gasteiger charge is -2.24. The Morgan fingerprint density at radius 3 is 2.77 bits per heavy atom. The van der Waals surface area contributed by atoms with Gasteiger partial charge in [-0.15, -0.1) is 11.3 Å². The van der Waals surface area contributed by atoms with E-state index in [4.69, 9.17) is 0 Å². The zero-order valence-electron chi connectivity index (χ0n) is 14.8. The summed E-state index contributed by atoms with van der Waals surface area (Å²) in [7, 11) is 4.01. The van der Waals surface area contributed by atoms with Crippen LogP contribution in [0, 0.1) is 5.92 Å². The molecule has 1 aromatic carbocycles. The lowest BCUT2D eigenvalue weighted by Crippen LogP contribution is -2.38. The van der Waals surface area contributed by atoms with Crippen molar-refractivity contribution in [1.29, 1.82) is 0 Å². The SMILES string of the molecule is CN(C)[C@@H](CNC(=O)[C@@H]1CC(=O)N(c2ccccc2Br)C1)c1cccs1. The molecule has 0 saturated carbocycles.